The van der Waals surface area contributed by atoms with Crippen molar-refractivity contribution < 1.29 is 13.6 Å². The van der Waals surface area contributed by atoms with Gasteiger partial charge in [0.05, 0.1) is 0 Å². The largest absolute Gasteiger partial charge is 0.321 e. The lowest BCUT2D eigenvalue weighted by molar-refractivity contribution is -0.140. The van der Waals surface area contributed by atoms with Gasteiger partial charge in [-0.3, -0.25) is 9.69 Å². The van der Waals surface area contributed by atoms with Crippen LogP contribution < -0.4 is 0 Å². The number of carbonyl (C=O) groups is 1. The molecule has 0 saturated heterocycles. The normalized spacial score (nSPS) is 18.5. The summed E-state index contributed by atoms with van der Waals surface area (Å²) in [5.74, 6) is -0.256. The Kier molecular flexibility index (Phi) is 3.01. The number of hydrogen-bond acceptors (Lipinski definition) is 1. The van der Waals surface area contributed by atoms with E-state index in [-0.39, 0.29) is 12.3 Å². The van der Waals surface area contributed by atoms with Gasteiger partial charge in [0.1, 0.15) is 0 Å². The van der Waals surface area contributed by atoms with Crippen molar-refractivity contribution in [3.05, 3.63) is 11.8 Å². The molecule has 0 fully saturated rings. The molecule has 0 aromatic carbocycles. The predicted octanol–water partition coefficient (Wildman–Crippen LogP) is 2.37. The van der Waals surface area contributed by atoms with Crippen molar-refractivity contribution in [1.82, 2.24) is 4.90 Å². The van der Waals surface area contributed by atoms with E-state index < -0.39 is 12.5 Å². The highest BCUT2D eigenvalue weighted by Gasteiger charge is 2.25. The van der Waals surface area contributed by atoms with Crippen molar-refractivity contribution in [3.8, 4) is 0 Å². The first kappa shape index (κ1) is 10.2. The average Bonchev–Trinajstić information content (AvgIpc) is 2.04. The summed E-state index contributed by atoms with van der Waals surface area (Å²) in [5.41, 5.74) is 0.917. The Bertz CT molecular complexity index is 236. The molecule has 0 radical (unpaired) electrons. The lowest BCUT2D eigenvalue weighted by Gasteiger charge is -2.25. The summed E-state index contributed by atoms with van der Waals surface area (Å²) in [4.78, 5) is 11.5. The molecular weight excluding hydrogens is 176 g/mol. The third kappa shape index (κ3) is 2.26. The highest BCUT2D eigenvalue weighted by Crippen LogP contribution is 2.24. The second-order valence-corrected chi connectivity index (χ2v) is 3.44. The van der Waals surface area contributed by atoms with Gasteiger partial charge in [-0.05, 0) is 12.3 Å². The van der Waals surface area contributed by atoms with Gasteiger partial charge in [0.25, 0.3) is 0 Å². The Morgan fingerprint density at radius 2 is 2.00 bits per heavy atom. The van der Waals surface area contributed by atoms with Crippen LogP contribution in [0.15, 0.2) is 11.8 Å². The summed E-state index contributed by atoms with van der Waals surface area (Å²) >= 11 is 0. The van der Waals surface area contributed by atoms with Crippen LogP contribution in [0.3, 0.4) is 0 Å². The number of hydrogen-bond donors (Lipinski definition) is 0. The second kappa shape index (κ2) is 3.85. The summed E-state index contributed by atoms with van der Waals surface area (Å²) < 4.78 is 24.5. The van der Waals surface area contributed by atoms with Gasteiger partial charge in [-0.25, -0.2) is 0 Å². The number of carbonyl (C=O) groups excluding carboxylic acids is 1. The molecule has 0 aromatic heterocycles. The summed E-state index contributed by atoms with van der Waals surface area (Å²) in [6.45, 7) is 1.16. The minimum atomic E-state index is -2.71. The van der Waals surface area contributed by atoms with Gasteiger partial charge in [0.2, 0.25) is 5.91 Å². The van der Waals surface area contributed by atoms with E-state index in [2.05, 4.69) is 0 Å². The molecule has 1 amide bonds. The van der Waals surface area contributed by atoms with E-state index in [4.69, 9.17) is 0 Å². The van der Waals surface area contributed by atoms with Gasteiger partial charge in [0, 0.05) is 12.6 Å². The molecule has 1 rings (SSSR count). The average molecular weight is 189 g/mol. The Balaban J connectivity index is 2.81. The van der Waals surface area contributed by atoms with E-state index in [0.29, 0.717) is 11.3 Å². The van der Waals surface area contributed by atoms with Crippen LogP contribution in [-0.2, 0) is 4.79 Å². The minimum absolute atomic E-state index is 0.203. The molecular formula is C9H13F2NO. The topological polar surface area (TPSA) is 20.3 Å². The number of amides is 1. The first-order valence-electron chi connectivity index (χ1n) is 4.32. The third-order valence-electron chi connectivity index (χ3n) is 2.17. The van der Waals surface area contributed by atoms with Crippen LogP contribution in [0, 0.1) is 5.92 Å². The van der Waals surface area contributed by atoms with Crippen LogP contribution >= 0.6 is 0 Å². The van der Waals surface area contributed by atoms with Crippen molar-refractivity contribution in [2.24, 2.45) is 5.92 Å². The quantitative estimate of drug-likeness (QED) is 0.611. The molecule has 74 valence electrons. The summed E-state index contributed by atoms with van der Waals surface area (Å²) in [6.07, 6.45) is 2.11. The van der Waals surface area contributed by atoms with Gasteiger partial charge in [-0.15, -0.1) is 0 Å². The minimum Gasteiger partial charge on any atom is -0.274 e. The van der Waals surface area contributed by atoms with Crippen LogP contribution in [0.2, 0.25) is 0 Å². The fourth-order valence-electron chi connectivity index (χ4n) is 1.30. The van der Waals surface area contributed by atoms with Crippen molar-refractivity contribution in [2.75, 3.05) is 0 Å². The van der Waals surface area contributed by atoms with Crippen molar-refractivity contribution in [1.29, 1.82) is 0 Å². The molecule has 0 spiro atoms. The molecule has 2 nitrogen and oxygen atoms in total. The number of alkyl halides is 2. The highest BCUT2D eigenvalue weighted by atomic mass is 19.3. The van der Waals surface area contributed by atoms with E-state index in [1.165, 1.54) is 6.20 Å². The van der Waals surface area contributed by atoms with Crippen LogP contribution in [0.5, 0.6) is 0 Å². The molecule has 1 aliphatic heterocycles. The zero-order valence-electron chi connectivity index (χ0n) is 7.76. The second-order valence-electron chi connectivity index (χ2n) is 3.44. The summed E-state index contributed by atoms with van der Waals surface area (Å²) in [7, 11) is 0. The Morgan fingerprint density at radius 3 is 2.46 bits per heavy atom. The summed E-state index contributed by atoms with van der Waals surface area (Å²) in [6, 6.07) is 0. The van der Waals surface area contributed by atoms with Crippen molar-refractivity contribution in [2.45, 2.75) is 33.2 Å². The predicted molar refractivity (Wildman–Crippen MR) is 45.0 cm³/mol. The fraction of sp³-hybridized carbons (Fsp3) is 0.667. The van der Waals surface area contributed by atoms with Gasteiger partial charge in [0.15, 0.2) is 0 Å². The lowest BCUT2D eigenvalue weighted by atomic mass is 9.97. The molecule has 0 N–H and O–H groups in total. The maximum atomic E-state index is 12.3. The lowest BCUT2D eigenvalue weighted by Crippen LogP contribution is -2.33. The van der Waals surface area contributed by atoms with Crippen LogP contribution in [0.4, 0.5) is 8.78 Å². The van der Waals surface area contributed by atoms with Crippen LogP contribution in [-0.4, -0.2) is 17.4 Å². The number of halogens is 2. The highest BCUT2D eigenvalue weighted by molar-refractivity contribution is 5.78. The van der Waals surface area contributed by atoms with E-state index in [9.17, 15) is 13.6 Å². The van der Waals surface area contributed by atoms with Gasteiger partial charge in [-0.1, -0.05) is 19.4 Å². The number of allylic oxidation sites excluding steroid dienone is 1. The molecule has 0 atom stereocenters. The molecule has 1 aliphatic rings. The fourth-order valence-corrected chi connectivity index (χ4v) is 1.30. The number of rotatable bonds is 2. The zero-order chi connectivity index (χ0) is 10.0. The standard InChI is InChI=1S/C9H13F2NO/c1-6(2)7-3-4-8(13)12(5-7)9(10)11/h5-6,9H,3-4H2,1-2H3. The summed E-state index contributed by atoms with van der Waals surface area (Å²) in [5, 5.41) is 0. The maximum Gasteiger partial charge on any atom is 0.321 e. The smallest absolute Gasteiger partial charge is 0.274 e. The molecule has 0 saturated carbocycles. The monoisotopic (exact) mass is 189 g/mol. The molecule has 1 heterocycles. The van der Waals surface area contributed by atoms with E-state index >= 15 is 0 Å². The molecule has 13 heavy (non-hydrogen) atoms. The zero-order valence-corrected chi connectivity index (χ0v) is 7.76. The Labute approximate surface area is 76.2 Å². The van der Waals surface area contributed by atoms with E-state index in [1.54, 1.807) is 0 Å². The molecule has 0 bridgehead atoms. The first-order chi connectivity index (χ1) is 6.02. The molecule has 0 aromatic rings. The Hall–Kier alpha value is -0.930. The third-order valence-corrected chi connectivity index (χ3v) is 2.17. The van der Waals surface area contributed by atoms with Crippen LogP contribution in [0.1, 0.15) is 26.7 Å². The van der Waals surface area contributed by atoms with Gasteiger partial charge >= 0.3 is 6.55 Å². The van der Waals surface area contributed by atoms with E-state index in [0.717, 1.165) is 5.57 Å². The molecule has 0 aliphatic carbocycles. The Morgan fingerprint density at radius 1 is 1.38 bits per heavy atom. The molecule has 4 heteroatoms. The van der Waals surface area contributed by atoms with Gasteiger partial charge < -0.3 is 0 Å². The van der Waals surface area contributed by atoms with Crippen molar-refractivity contribution in [3.63, 3.8) is 0 Å². The SMILES string of the molecule is CC(C)C1=CN(C(F)F)C(=O)CC1. The van der Waals surface area contributed by atoms with Gasteiger partial charge in [-0.2, -0.15) is 8.78 Å². The van der Waals surface area contributed by atoms with E-state index in [1.807, 2.05) is 13.8 Å². The molecule has 0 unspecified atom stereocenters. The maximum absolute atomic E-state index is 12.3. The van der Waals surface area contributed by atoms with Crippen LogP contribution in [0.25, 0.3) is 0 Å². The first-order valence-corrected chi connectivity index (χ1v) is 4.32. The number of nitrogens with zero attached hydrogens (tertiary/aromatic N) is 1. The van der Waals surface area contributed by atoms with Crippen molar-refractivity contribution >= 4 is 5.91 Å².